The number of hydrogen-bond donors (Lipinski definition) is 2. The molecule has 0 aliphatic heterocycles. The van der Waals surface area contributed by atoms with Crippen molar-refractivity contribution in [2.24, 2.45) is 23.2 Å². The van der Waals surface area contributed by atoms with E-state index in [2.05, 4.69) is 17.0 Å². The molecule has 5 aliphatic rings. The third-order valence-corrected chi connectivity index (χ3v) is 9.42. The van der Waals surface area contributed by atoms with Crippen LogP contribution in [0.4, 0.5) is 0 Å². The topological polar surface area (TPSA) is 75.3 Å². The number of hydrogen-bond acceptors (Lipinski definition) is 3. The number of benzene rings is 1. The van der Waals surface area contributed by atoms with Crippen LogP contribution in [0.5, 0.6) is 0 Å². The minimum absolute atomic E-state index is 0.0645. The fourth-order valence-corrected chi connectivity index (χ4v) is 7.85. The van der Waals surface area contributed by atoms with Gasteiger partial charge in [-0.3, -0.25) is 4.79 Å². The number of rotatable bonds is 7. The van der Waals surface area contributed by atoms with E-state index in [1.54, 1.807) is 36.4 Å². The average Bonchev–Trinajstić information content (AvgIpc) is 3.49. The Kier molecular flexibility index (Phi) is 5.05. The highest BCUT2D eigenvalue weighted by Gasteiger charge is 2.53. The highest BCUT2D eigenvalue weighted by Crippen LogP contribution is 2.61. The van der Waals surface area contributed by atoms with E-state index in [-0.39, 0.29) is 22.9 Å². The molecule has 5 nitrogen and oxygen atoms in total. The summed E-state index contributed by atoms with van der Waals surface area (Å²) in [5, 5.41) is 3.24. The van der Waals surface area contributed by atoms with Gasteiger partial charge in [0.15, 0.2) is 0 Å². The second-order valence-electron chi connectivity index (χ2n) is 10.3. The maximum absolute atomic E-state index is 12.6. The van der Waals surface area contributed by atoms with Crippen LogP contribution in [-0.4, -0.2) is 26.4 Å². The molecule has 5 saturated carbocycles. The molecule has 30 heavy (non-hydrogen) atoms. The lowest BCUT2D eigenvalue weighted by Crippen LogP contribution is -2.55. The van der Waals surface area contributed by atoms with Crippen LogP contribution in [0.2, 0.25) is 0 Å². The van der Waals surface area contributed by atoms with Crippen LogP contribution >= 0.6 is 0 Å². The van der Waals surface area contributed by atoms with Crippen LogP contribution in [0.3, 0.4) is 0 Å². The quantitative estimate of drug-likeness (QED) is 0.648. The Labute approximate surface area is 179 Å². The van der Waals surface area contributed by atoms with Gasteiger partial charge in [-0.25, -0.2) is 13.1 Å². The number of nitrogens with one attached hydrogen (secondary N) is 2. The molecule has 1 unspecified atom stereocenters. The van der Waals surface area contributed by atoms with Crippen molar-refractivity contribution < 1.29 is 13.2 Å². The van der Waals surface area contributed by atoms with Gasteiger partial charge in [0.25, 0.3) is 0 Å². The molecule has 5 aliphatic carbocycles. The van der Waals surface area contributed by atoms with E-state index in [0.717, 1.165) is 36.2 Å². The largest absolute Gasteiger partial charge is 0.350 e. The van der Waals surface area contributed by atoms with Gasteiger partial charge in [-0.15, -0.1) is 0 Å². The van der Waals surface area contributed by atoms with Crippen LogP contribution < -0.4 is 10.0 Å². The zero-order valence-electron chi connectivity index (χ0n) is 17.6. The molecular formula is C24H32N2O3S. The van der Waals surface area contributed by atoms with E-state index in [1.807, 2.05) is 0 Å². The first-order chi connectivity index (χ1) is 14.3. The highest BCUT2D eigenvalue weighted by atomic mass is 32.2. The zero-order valence-corrected chi connectivity index (χ0v) is 18.5. The summed E-state index contributed by atoms with van der Waals surface area (Å²) in [4.78, 5) is 12.8. The van der Waals surface area contributed by atoms with Gasteiger partial charge in [-0.1, -0.05) is 12.1 Å². The van der Waals surface area contributed by atoms with Crippen LogP contribution in [-0.2, 0) is 14.8 Å². The lowest BCUT2D eigenvalue weighted by molar-refractivity contribution is -0.121. The molecule has 6 heteroatoms. The van der Waals surface area contributed by atoms with Crippen LogP contribution in [0.15, 0.2) is 35.2 Å². The van der Waals surface area contributed by atoms with Gasteiger partial charge in [0.2, 0.25) is 15.9 Å². The van der Waals surface area contributed by atoms with Crippen LogP contribution in [0.1, 0.15) is 63.9 Å². The monoisotopic (exact) mass is 428 g/mol. The Morgan fingerprint density at radius 2 is 1.60 bits per heavy atom. The van der Waals surface area contributed by atoms with E-state index >= 15 is 0 Å². The Bertz CT molecular complexity index is 912. The third kappa shape index (κ3) is 4.09. The lowest BCUT2D eigenvalue weighted by Gasteiger charge is -2.59. The zero-order chi connectivity index (χ0) is 20.9. The maximum atomic E-state index is 12.6. The fraction of sp³-hybridized carbons (Fsp3) is 0.625. The van der Waals surface area contributed by atoms with E-state index in [1.165, 1.54) is 38.5 Å². The average molecular weight is 429 g/mol. The summed E-state index contributed by atoms with van der Waals surface area (Å²) in [7, 11) is -3.44. The Morgan fingerprint density at radius 1 is 1.03 bits per heavy atom. The molecule has 0 radical (unpaired) electrons. The van der Waals surface area contributed by atoms with Crippen molar-refractivity contribution in [1.82, 2.24) is 10.0 Å². The summed E-state index contributed by atoms with van der Waals surface area (Å²) in [6.07, 6.45) is 13.2. The first-order valence-electron chi connectivity index (χ1n) is 11.4. The summed E-state index contributed by atoms with van der Waals surface area (Å²) in [5.74, 6) is 2.55. The molecule has 2 N–H and O–H groups in total. The van der Waals surface area contributed by atoms with Crippen molar-refractivity contribution in [3.63, 3.8) is 0 Å². The molecule has 6 rings (SSSR count). The second kappa shape index (κ2) is 7.49. The molecule has 1 atom stereocenters. The predicted molar refractivity (Wildman–Crippen MR) is 117 cm³/mol. The van der Waals surface area contributed by atoms with E-state index in [9.17, 15) is 13.2 Å². The van der Waals surface area contributed by atoms with Crippen LogP contribution in [0, 0.1) is 23.2 Å². The number of sulfonamides is 1. The molecular weight excluding hydrogens is 396 g/mol. The molecule has 4 bridgehead atoms. The van der Waals surface area contributed by atoms with Gasteiger partial charge in [0.1, 0.15) is 0 Å². The summed E-state index contributed by atoms with van der Waals surface area (Å²) >= 11 is 0. The SMILES string of the molecule is CC(NC(=O)/C=C/c1ccc(S(=O)(=O)NC2CC2)cc1)C12CC3CC(CC(C3)C1)C2. The minimum atomic E-state index is -3.44. The Hall–Kier alpha value is -1.66. The van der Waals surface area contributed by atoms with E-state index in [0.29, 0.717) is 5.41 Å². The van der Waals surface area contributed by atoms with Crippen molar-refractivity contribution in [1.29, 1.82) is 0 Å². The number of carbonyl (C=O) groups excluding carboxylic acids is 1. The molecule has 1 aromatic carbocycles. The van der Waals surface area contributed by atoms with Gasteiger partial charge in [-0.05, 0) is 105 Å². The molecule has 162 valence electrons. The molecule has 0 heterocycles. The van der Waals surface area contributed by atoms with Gasteiger partial charge < -0.3 is 5.32 Å². The molecule has 1 amide bonds. The van der Waals surface area contributed by atoms with Crippen molar-refractivity contribution in [3.8, 4) is 0 Å². The molecule has 0 spiro atoms. The minimum Gasteiger partial charge on any atom is -0.350 e. The summed E-state index contributed by atoms with van der Waals surface area (Å²) < 4.78 is 27.2. The third-order valence-electron chi connectivity index (χ3n) is 7.88. The molecule has 1 aromatic rings. The second-order valence-corrected chi connectivity index (χ2v) is 12.0. The van der Waals surface area contributed by atoms with Gasteiger partial charge in [0.05, 0.1) is 4.90 Å². The predicted octanol–water partition coefficient (Wildman–Crippen LogP) is 3.86. The fourth-order valence-electron chi connectivity index (χ4n) is 6.54. The van der Waals surface area contributed by atoms with E-state index < -0.39 is 10.0 Å². The lowest BCUT2D eigenvalue weighted by atomic mass is 9.48. The summed E-state index contributed by atoms with van der Waals surface area (Å²) in [6.45, 7) is 2.19. The smallest absolute Gasteiger partial charge is 0.244 e. The summed E-state index contributed by atoms with van der Waals surface area (Å²) in [5.41, 5.74) is 1.11. The van der Waals surface area contributed by atoms with Crippen LogP contribution in [0.25, 0.3) is 6.08 Å². The van der Waals surface area contributed by atoms with Gasteiger partial charge >= 0.3 is 0 Å². The van der Waals surface area contributed by atoms with Gasteiger partial charge in [-0.2, -0.15) is 0 Å². The first kappa shape index (κ1) is 20.3. The van der Waals surface area contributed by atoms with Crippen molar-refractivity contribution in [3.05, 3.63) is 35.9 Å². The van der Waals surface area contributed by atoms with E-state index in [4.69, 9.17) is 0 Å². The van der Waals surface area contributed by atoms with Crippen molar-refractivity contribution in [2.45, 2.75) is 75.3 Å². The van der Waals surface area contributed by atoms with Crippen molar-refractivity contribution >= 4 is 22.0 Å². The highest BCUT2D eigenvalue weighted by molar-refractivity contribution is 7.89. The first-order valence-corrected chi connectivity index (χ1v) is 12.9. The number of amides is 1. The molecule has 0 saturated heterocycles. The summed E-state index contributed by atoms with van der Waals surface area (Å²) in [6, 6.07) is 6.97. The number of carbonyl (C=O) groups is 1. The van der Waals surface area contributed by atoms with Crippen molar-refractivity contribution in [2.75, 3.05) is 0 Å². The standard InChI is InChI=1S/C24H32N2O3S/c1-16(24-13-18-10-19(14-24)12-20(11-18)15-24)25-23(27)9-4-17-2-7-22(8-3-17)30(28,29)26-21-5-6-21/h2-4,7-9,16,18-21,26H,5-6,10-15H2,1H3,(H,25,27)/b9-4+. The Balaban J connectivity index is 1.19. The normalized spacial score (nSPS) is 33.7. The molecule has 0 aromatic heterocycles. The van der Waals surface area contributed by atoms with Gasteiger partial charge in [0, 0.05) is 18.2 Å². The maximum Gasteiger partial charge on any atom is 0.244 e. The Morgan fingerprint density at radius 3 is 2.13 bits per heavy atom. The molecule has 5 fully saturated rings.